The summed E-state index contributed by atoms with van der Waals surface area (Å²) in [6.45, 7) is -0.102. The average Bonchev–Trinajstić information content (AvgIpc) is 3.08. The number of hydrogen-bond donors (Lipinski definition) is 3. The van der Waals surface area contributed by atoms with E-state index in [1.807, 2.05) is 48.5 Å². The Hall–Kier alpha value is -3.40. The summed E-state index contributed by atoms with van der Waals surface area (Å²) in [6, 6.07) is 14.5. The molecule has 0 heterocycles. The first-order valence-corrected chi connectivity index (χ1v) is 12.5. The highest BCUT2D eigenvalue weighted by atomic mass is 32.2. The molecule has 33 heavy (non-hydrogen) atoms. The average molecular weight is 475 g/mol. The predicted octanol–water partition coefficient (Wildman–Crippen LogP) is 1.92. The zero-order chi connectivity index (χ0) is 24.0. The third kappa shape index (κ3) is 6.55. The molecular weight excluding hydrogens is 448 g/mol. The van der Waals surface area contributed by atoms with E-state index >= 15 is 0 Å². The van der Waals surface area contributed by atoms with Crippen LogP contribution in [0, 0.1) is 0 Å². The van der Waals surface area contributed by atoms with Crippen LogP contribution >= 0.6 is 0 Å². The number of benzene rings is 2. The van der Waals surface area contributed by atoms with Gasteiger partial charge >= 0.3 is 12.1 Å². The van der Waals surface area contributed by atoms with Crippen LogP contribution in [0.15, 0.2) is 48.5 Å². The molecule has 0 aromatic heterocycles. The maximum Gasteiger partial charge on any atom is 0.407 e. The number of carboxylic acids is 1. The Morgan fingerprint density at radius 3 is 2.15 bits per heavy atom. The van der Waals surface area contributed by atoms with E-state index in [1.54, 1.807) is 0 Å². The summed E-state index contributed by atoms with van der Waals surface area (Å²) in [5, 5.41) is 13.8. The number of rotatable bonds is 10. The molecule has 0 bridgehead atoms. The fourth-order valence-electron chi connectivity index (χ4n) is 3.80. The van der Waals surface area contributed by atoms with E-state index in [0.29, 0.717) is 0 Å². The smallest absolute Gasteiger partial charge is 0.407 e. The number of carboxylic acid groups (broad SMARTS) is 1. The molecule has 0 saturated heterocycles. The Morgan fingerprint density at radius 1 is 1.03 bits per heavy atom. The summed E-state index contributed by atoms with van der Waals surface area (Å²) >= 11 is 0. The second kappa shape index (κ2) is 10.5. The predicted molar refractivity (Wildman–Crippen MR) is 122 cm³/mol. The third-order valence-electron chi connectivity index (χ3n) is 5.37. The molecule has 3 N–H and O–H groups in total. The first-order valence-electron chi connectivity index (χ1n) is 10.4. The van der Waals surface area contributed by atoms with Gasteiger partial charge in [-0.05, 0) is 28.7 Å². The van der Waals surface area contributed by atoms with Gasteiger partial charge in [0, 0.05) is 25.1 Å². The fraction of sp³-hybridized carbons (Fsp3) is 0.348. The van der Waals surface area contributed by atoms with Crippen LogP contribution in [-0.2, 0) is 24.2 Å². The van der Waals surface area contributed by atoms with Crippen LogP contribution in [0.3, 0.4) is 0 Å². The summed E-state index contributed by atoms with van der Waals surface area (Å²) in [7, 11) is -3.28. The van der Waals surface area contributed by atoms with Gasteiger partial charge < -0.3 is 20.5 Å². The van der Waals surface area contributed by atoms with Crippen LogP contribution in [0.4, 0.5) is 4.79 Å². The molecule has 2 aromatic rings. The Kier molecular flexibility index (Phi) is 7.70. The van der Waals surface area contributed by atoms with E-state index in [2.05, 4.69) is 10.6 Å². The first kappa shape index (κ1) is 24.2. The van der Waals surface area contributed by atoms with Crippen molar-refractivity contribution in [2.24, 2.45) is 0 Å². The fourth-order valence-corrected chi connectivity index (χ4v) is 4.27. The minimum Gasteiger partial charge on any atom is -0.481 e. The van der Waals surface area contributed by atoms with E-state index in [-0.39, 0.29) is 37.7 Å². The van der Waals surface area contributed by atoms with E-state index in [9.17, 15) is 22.8 Å². The lowest BCUT2D eigenvalue weighted by molar-refractivity contribution is -0.137. The van der Waals surface area contributed by atoms with E-state index in [0.717, 1.165) is 28.5 Å². The number of alkyl carbamates (subject to hydrolysis) is 1. The lowest BCUT2D eigenvalue weighted by Crippen LogP contribution is -2.48. The number of sulfone groups is 1. The number of ether oxygens (including phenoxy) is 1. The lowest BCUT2D eigenvalue weighted by atomic mass is 9.98. The van der Waals surface area contributed by atoms with Gasteiger partial charge in [0.05, 0.1) is 5.75 Å². The van der Waals surface area contributed by atoms with Crippen molar-refractivity contribution in [3.05, 3.63) is 59.7 Å². The van der Waals surface area contributed by atoms with Crippen molar-refractivity contribution in [3.8, 4) is 11.1 Å². The molecule has 3 rings (SSSR count). The molecule has 1 aliphatic carbocycles. The van der Waals surface area contributed by atoms with Gasteiger partial charge in [-0.15, -0.1) is 0 Å². The zero-order valence-corrected chi connectivity index (χ0v) is 18.9. The highest BCUT2D eigenvalue weighted by molar-refractivity contribution is 7.90. The Morgan fingerprint density at radius 2 is 1.61 bits per heavy atom. The van der Waals surface area contributed by atoms with Crippen molar-refractivity contribution in [2.75, 3.05) is 25.2 Å². The molecule has 176 valence electrons. The SMILES string of the molecule is CS(=O)(=O)CCNC(=O)C(CCC(=O)O)NC(=O)OCC1c2ccccc2-c2ccccc21. The number of carbonyl (C=O) groups excluding carboxylic acids is 2. The molecule has 1 aliphatic rings. The third-order valence-corrected chi connectivity index (χ3v) is 6.32. The molecule has 0 spiro atoms. The second-order valence-electron chi connectivity index (χ2n) is 7.88. The van der Waals surface area contributed by atoms with Gasteiger partial charge in [0.1, 0.15) is 22.5 Å². The first-order chi connectivity index (χ1) is 15.7. The molecule has 1 unspecified atom stereocenters. The summed E-state index contributed by atoms with van der Waals surface area (Å²) in [5.74, 6) is -2.23. The lowest BCUT2D eigenvalue weighted by Gasteiger charge is -2.19. The summed E-state index contributed by atoms with van der Waals surface area (Å²) in [5.41, 5.74) is 4.22. The number of carbonyl (C=O) groups is 3. The molecule has 0 fully saturated rings. The molecule has 9 nitrogen and oxygen atoms in total. The van der Waals surface area contributed by atoms with E-state index < -0.39 is 33.8 Å². The van der Waals surface area contributed by atoms with Crippen molar-refractivity contribution in [3.63, 3.8) is 0 Å². The maximum atomic E-state index is 12.5. The van der Waals surface area contributed by atoms with Gasteiger partial charge in [0.15, 0.2) is 0 Å². The number of hydrogen-bond acceptors (Lipinski definition) is 6. The standard InChI is InChI=1S/C23H26N2O7S/c1-33(30,31)13-12-24-22(28)20(10-11-21(26)27)25-23(29)32-14-19-17-8-4-2-6-15(17)16-7-3-5-9-18(16)19/h2-9,19-20H,10-14H2,1H3,(H,24,28)(H,25,29)(H,26,27). The Balaban J connectivity index is 1.63. The van der Waals surface area contributed by atoms with Crippen molar-refractivity contribution < 1.29 is 32.6 Å². The normalized spacial score (nSPS) is 13.5. The highest BCUT2D eigenvalue weighted by Gasteiger charge is 2.30. The largest absolute Gasteiger partial charge is 0.481 e. The minimum absolute atomic E-state index is 0.0429. The van der Waals surface area contributed by atoms with Crippen LogP contribution in [0.25, 0.3) is 11.1 Å². The molecule has 0 saturated carbocycles. The summed E-state index contributed by atoms with van der Waals surface area (Å²) in [6.07, 6.45) is -0.334. The van der Waals surface area contributed by atoms with Crippen molar-refractivity contribution in [1.82, 2.24) is 10.6 Å². The number of aliphatic carboxylic acids is 1. The van der Waals surface area contributed by atoms with Gasteiger partial charge in [-0.3, -0.25) is 9.59 Å². The molecule has 0 aliphatic heterocycles. The summed E-state index contributed by atoms with van der Waals surface area (Å²) in [4.78, 5) is 35.8. The van der Waals surface area contributed by atoms with Crippen LogP contribution in [0.5, 0.6) is 0 Å². The van der Waals surface area contributed by atoms with Gasteiger partial charge in [-0.25, -0.2) is 13.2 Å². The molecular formula is C23H26N2O7S. The zero-order valence-electron chi connectivity index (χ0n) is 18.1. The topological polar surface area (TPSA) is 139 Å². The molecule has 2 aromatic carbocycles. The molecule has 0 radical (unpaired) electrons. The Bertz CT molecular complexity index is 1100. The summed E-state index contributed by atoms with van der Waals surface area (Å²) < 4.78 is 27.9. The molecule has 10 heteroatoms. The number of nitrogens with one attached hydrogen (secondary N) is 2. The Labute approximate surface area is 192 Å². The highest BCUT2D eigenvalue weighted by Crippen LogP contribution is 2.44. The van der Waals surface area contributed by atoms with Gasteiger partial charge in [0.2, 0.25) is 5.91 Å². The second-order valence-corrected chi connectivity index (χ2v) is 10.1. The van der Waals surface area contributed by atoms with Gasteiger partial charge in [-0.2, -0.15) is 0 Å². The quantitative estimate of drug-likeness (QED) is 0.478. The molecule has 1 atom stereocenters. The van der Waals surface area contributed by atoms with Gasteiger partial charge in [0.25, 0.3) is 0 Å². The van der Waals surface area contributed by atoms with Crippen LogP contribution in [-0.4, -0.2) is 62.7 Å². The van der Waals surface area contributed by atoms with Gasteiger partial charge in [-0.1, -0.05) is 48.5 Å². The van der Waals surface area contributed by atoms with Crippen LogP contribution in [0.2, 0.25) is 0 Å². The number of fused-ring (bicyclic) bond motifs is 3. The van der Waals surface area contributed by atoms with E-state index in [4.69, 9.17) is 9.84 Å². The number of amides is 2. The van der Waals surface area contributed by atoms with Crippen molar-refractivity contribution in [1.29, 1.82) is 0 Å². The monoisotopic (exact) mass is 474 g/mol. The van der Waals surface area contributed by atoms with Crippen molar-refractivity contribution >= 4 is 27.8 Å². The van der Waals surface area contributed by atoms with Crippen LogP contribution < -0.4 is 10.6 Å². The molecule has 2 amide bonds. The van der Waals surface area contributed by atoms with E-state index in [1.165, 1.54) is 0 Å². The van der Waals surface area contributed by atoms with Crippen molar-refractivity contribution in [2.45, 2.75) is 24.8 Å². The van der Waals surface area contributed by atoms with Crippen LogP contribution in [0.1, 0.15) is 29.9 Å². The minimum atomic E-state index is -3.28. The maximum absolute atomic E-state index is 12.5.